The van der Waals surface area contributed by atoms with Gasteiger partial charge in [0, 0.05) is 12.6 Å². The van der Waals surface area contributed by atoms with Gasteiger partial charge in [0.1, 0.15) is 18.3 Å². The highest BCUT2D eigenvalue weighted by Gasteiger charge is 2.34. The Kier molecular flexibility index (Phi) is 11.3. The lowest BCUT2D eigenvalue weighted by Crippen LogP contribution is -2.54. The summed E-state index contributed by atoms with van der Waals surface area (Å²) >= 11 is 0. The summed E-state index contributed by atoms with van der Waals surface area (Å²) < 4.78 is 35.0. The molecule has 0 unspecified atom stereocenters. The number of para-hydroxylation sites is 2. The predicted molar refractivity (Wildman–Crippen MR) is 163 cm³/mol. The molecule has 9 heteroatoms. The summed E-state index contributed by atoms with van der Waals surface area (Å²) in [4.78, 5) is 28.9. The van der Waals surface area contributed by atoms with E-state index in [-0.39, 0.29) is 29.1 Å². The zero-order valence-corrected chi connectivity index (χ0v) is 25.4. The number of nitrogens with one attached hydrogen (secondary N) is 1. The Balaban J connectivity index is 2.06. The number of nitrogens with zero attached hydrogens (tertiary/aromatic N) is 2. The second-order valence-corrected chi connectivity index (χ2v) is 12.0. The van der Waals surface area contributed by atoms with Crippen LogP contribution in [0, 0.1) is 6.92 Å². The van der Waals surface area contributed by atoms with Crippen molar-refractivity contribution in [3.05, 3.63) is 90.0 Å². The van der Waals surface area contributed by atoms with E-state index in [0.29, 0.717) is 25.2 Å². The Hall–Kier alpha value is -3.85. The Morgan fingerprint density at radius 1 is 0.902 bits per heavy atom. The van der Waals surface area contributed by atoms with E-state index in [4.69, 9.17) is 4.74 Å². The summed E-state index contributed by atoms with van der Waals surface area (Å²) in [6, 6.07) is 22.1. The zero-order chi connectivity index (χ0) is 30.0. The number of carbonyl (C=O) groups excluding carboxylic acids is 2. The predicted octanol–water partition coefficient (Wildman–Crippen LogP) is 4.96. The molecule has 0 fully saturated rings. The van der Waals surface area contributed by atoms with Crippen LogP contribution < -0.4 is 14.4 Å². The van der Waals surface area contributed by atoms with Crippen molar-refractivity contribution in [2.24, 2.45) is 0 Å². The normalized spacial score (nSPS) is 12.0. The van der Waals surface area contributed by atoms with Crippen LogP contribution >= 0.6 is 0 Å². The van der Waals surface area contributed by atoms with Gasteiger partial charge in [-0.05, 0) is 70.4 Å². The molecule has 0 saturated carbocycles. The number of carbonyl (C=O) groups is 2. The van der Waals surface area contributed by atoms with Crippen LogP contribution in [-0.4, -0.2) is 56.9 Å². The Morgan fingerprint density at radius 3 is 2.15 bits per heavy atom. The Morgan fingerprint density at radius 2 is 1.54 bits per heavy atom. The van der Waals surface area contributed by atoms with Crippen molar-refractivity contribution in [3.63, 3.8) is 0 Å². The SMILES string of the molecule is CCOc1ccccc1N(CC(=O)N(CCc1ccccc1)[C@@H](CC)C(=O)NC(C)C)S(=O)(=O)c1ccc(C)cc1. The highest BCUT2D eigenvalue weighted by Crippen LogP contribution is 2.33. The highest BCUT2D eigenvalue weighted by molar-refractivity contribution is 7.92. The van der Waals surface area contributed by atoms with Crippen molar-refractivity contribution in [2.45, 2.75) is 64.4 Å². The van der Waals surface area contributed by atoms with E-state index < -0.39 is 28.5 Å². The molecule has 220 valence electrons. The molecule has 8 nitrogen and oxygen atoms in total. The van der Waals surface area contributed by atoms with Gasteiger partial charge in [-0.2, -0.15) is 0 Å². The van der Waals surface area contributed by atoms with E-state index in [1.165, 1.54) is 17.0 Å². The van der Waals surface area contributed by atoms with Gasteiger partial charge in [-0.1, -0.05) is 67.1 Å². The van der Waals surface area contributed by atoms with Gasteiger partial charge in [-0.25, -0.2) is 8.42 Å². The van der Waals surface area contributed by atoms with Crippen LogP contribution in [0.15, 0.2) is 83.8 Å². The minimum Gasteiger partial charge on any atom is -0.492 e. The third-order valence-electron chi connectivity index (χ3n) is 6.62. The summed E-state index contributed by atoms with van der Waals surface area (Å²) in [7, 11) is -4.17. The number of anilines is 1. The second-order valence-electron chi connectivity index (χ2n) is 10.1. The maximum atomic E-state index is 14.1. The molecule has 3 aromatic carbocycles. The number of rotatable bonds is 14. The number of ether oxygens (including phenoxy) is 1. The average molecular weight is 580 g/mol. The molecule has 0 aliphatic rings. The second kappa shape index (κ2) is 14.7. The number of aryl methyl sites for hydroxylation is 1. The van der Waals surface area contributed by atoms with E-state index in [9.17, 15) is 18.0 Å². The van der Waals surface area contributed by atoms with Crippen LogP contribution in [-0.2, 0) is 26.0 Å². The fourth-order valence-corrected chi connectivity index (χ4v) is 5.99. The highest BCUT2D eigenvalue weighted by atomic mass is 32.2. The molecule has 0 radical (unpaired) electrons. The smallest absolute Gasteiger partial charge is 0.264 e. The van der Waals surface area contributed by atoms with E-state index in [0.717, 1.165) is 15.4 Å². The van der Waals surface area contributed by atoms with E-state index in [2.05, 4.69) is 5.32 Å². The molecule has 0 bridgehead atoms. The largest absolute Gasteiger partial charge is 0.492 e. The standard InChI is InChI=1S/C32H41N3O5S/c1-6-28(32(37)33-24(3)4)34(22-21-26-13-9-8-10-14-26)31(36)23-35(29-15-11-12-16-30(29)40-7-2)41(38,39)27-19-17-25(5)18-20-27/h8-20,24,28H,6-7,21-23H2,1-5H3,(H,33,37)/t28-/m0/s1. The maximum absolute atomic E-state index is 14.1. The average Bonchev–Trinajstić information content (AvgIpc) is 2.94. The molecule has 0 heterocycles. The van der Waals surface area contributed by atoms with Gasteiger partial charge >= 0.3 is 0 Å². The summed E-state index contributed by atoms with van der Waals surface area (Å²) in [5.74, 6) is -0.404. The quantitative estimate of drug-likeness (QED) is 0.291. The number of hydrogen-bond acceptors (Lipinski definition) is 5. The van der Waals surface area contributed by atoms with E-state index >= 15 is 0 Å². The number of hydrogen-bond donors (Lipinski definition) is 1. The van der Waals surface area contributed by atoms with E-state index in [1.54, 1.807) is 36.4 Å². The van der Waals surface area contributed by atoms with Crippen LogP contribution in [0.3, 0.4) is 0 Å². The molecule has 3 aromatic rings. The molecule has 0 aliphatic heterocycles. The molecule has 0 aromatic heterocycles. The van der Waals surface area contributed by atoms with Gasteiger partial charge in [0.05, 0.1) is 17.2 Å². The molecule has 41 heavy (non-hydrogen) atoms. The third-order valence-corrected chi connectivity index (χ3v) is 8.40. The lowest BCUT2D eigenvalue weighted by Gasteiger charge is -2.34. The summed E-state index contributed by atoms with van der Waals surface area (Å²) in [6.45, 7) is 9.32. The zero-order valence-electron chi connectivity index (χ0n) is 24.5. The van der Waals surface area contributed by atoms with Gasteiger partial charge in [-0.3, -0.25) is 13.9 Å². The molecule has 3 rings (SSSR count). The molecular formula is C32H41N3O5S. The molecule has 1 N–H and O–H groups in total. The lowest BCUT2D eigenvalue weighted by atomic mass is 10.1. The molecular weight excluding hydrogens is 538 g/mol. The minimum absolute atomic E-state index is 0.0580. The van der Waals surface area contributed by atoms with Gasteiger partial charge in [-0.15, -0.1) is 0 Å². The Bertz CT molecular complexity index is 1390. The first-order valence-corrected chi connectivity index (χ1v) is 15.5. The van der Waals surface area contributed by atoms with Gasteiger partial charge in [0.25, 0.3) is 10.0 Å². The first-order valence-electron chi connectivity index (χ1n) is 14.0. The molecule has 0 spiro atoms. The van der Waals surface area contributed by atoms with Crippen LogP contribution in [0.25, 0.3) is 0 Å². The fourth-order valence-electron chi connectivity index (χ4n) is 4.57. The minimum atomic E-state index is -4.17. The van der Waals surface area contributed by atoms with Crippen molar-refractivity contribution >= 4 is 27.5 Å². The number of benzene rings is 3. The molecule has 0 aliphatic carbocycles. The van der Waals surface area contributed by atoms with Crippen molar-refractivity contribution in [3.8, 4) is 5.75 Å². The van der Waals surface area contributed by atoms with Crippen molar-refractivity contribution in [2.75, 3.05) is 24.0 Å². The number of sulfonamides is 1. The van der Waals surface area contributed by atoms with Gasteiger partial charge in [0.2, 0.25) is 11.8 Å². The molecule has 1 atom stereocenters. The molecule has 0 saturated heterocycles. The van der Waals surface area contributed by atoms with Crippen LogP contribution in [0.4, 0.5) is 5.69 Å². The monoisotopic (exact) mass is 579 g/mol. The first-order chi connectivity index (χ1) is 19.6. The first kappa shape index (κ1) is 31.7. The van der Waals surface area contributed by atoms with Gasteiger partial charge < -0.3 is 15.0 Å². The lowest BCUT2D eigenvalue weighted by molar-refractivity contribution is -0.139. The Labute approximate surface area is 244 Å². The van der Waals surface area contributed by atoms with Crippen LogP contribution in [0.2, 0.25) is 0 Å². The van der Waals surface area contributed by atoms with Crippen molar-refractivity contribution in [1.82, 2.24) is 10.2 Å². The molecule has 2 amide bonds. The van der Waals surface area contributed by atoms with Crippen molar-refractivity contribution in [1.29, 1.82) is 0 Å². The van der Waals surface area contributed by atoms with Crippen molar-refractivity contribution < 1.29 is 22.7 Å². The third kappa shape index (κ3) is 8.33. The summed E-state index contributed by atoms with van der Waals surface area (Å²) in [5.41, 5.74) is 2.18. The fraction of sp³-hybridized carbons (Fsp3) is 0.375. The van der Waals surface area contributed by atoms with Crippen LogP contribution in [0.5, 0.6) is 5.75 Å². The maximum Gasteiger partial charge on any atom is 0.264 e. The van der Waals surface area contributed by atoms with Crippen LogP contribution in [0.1, 0.15) is 45.2 Å². The number of amides is 2. The summed E-state index contributed by atoms with van der Waals surface area (Å²) in [5, 5.41) is 2.91. The topological polar surface area (TPSA) is 96.0 Å². The summed E-state index contributed by atoms with van der Waals surface area (Å²) in [6.07, 6.45) is 0.887. The van der Waals surface area contributed by atoms with E-state index in [1.807, 2.05) is 65.0 Å². The van der Waals surface area contributed by atoms with Gasteiger partial charge in [0.15, 0.2) is 0 Å².